The molecule has 0 saturated carbocycles. The predicted octanol–water partition coefficient (Wildman–Crippen LogP) is 15.1. The van der Waals surface area contributed by atoms with E-state index in [4.69, 9.17) is 39.4 Å². The summed E-state index contributed by atoms with van der Waals surface area (Å²) in [5, 5.41) is 0. The second-order valence-electron chi connectivity index (χ2n) is 10.1. The molecule has 0 fully saturated rings. The maximum Gasteiger partial charge on any atom is 0.256 e. The molecule has 0 saturated heterocycles. The number of para-hydroxylation sites is 6. The molecule has 6 rings (SSSR count). The molecule has 61 heavy (non-hydrogen) atoms. The standard InChI is InChI=1S/6C7H3F2N.Mo/c6*1-10-7-5(8)3-2-4-6(7)9;/h6*2-4H;. The molecule has 0 bridgehead atoms. The van der Waals surface area contributed by atoms with Crippen LogP contribution in [0.1, 0.15) is 0 Å². The first-order valence-corrected chi connectivity index (χ1v) is 15.4. The number of hydrogen-bond donors (Lipinski definition) is 0. The number of benzene rings is 6. The van der Waals surface area contributed by atoms with Gasteiger partial charge < -0.3 is 0 Å². The fourth-order valence-electron chi connectivity index (χ4n) is 3.57. The van der Waals surface area contributed by atoms with Gasteiger partial charge in [-0.25, -0.2) is 81.8 Å². The molecule has 0 radical (unpaired) electrons. The van der Waals surface area contributed by atoms with E-state index in [0.29, 0.717) is 0 Å². The zero-order chi connectivity index (χ0) is 45.4. The summed E-state index contributed by atoms with van der Waals surface area (Å²) >= 11 is 0. The SMILES string of the molecule is [C-]#[N+]c1c(F)cccc1F.[C-]#[N+]c1c(F)cccc1F.[C-]#[N+]c1c(F)cccc1F.[C-]#[N+]c1c(F)cccc1F.[C-]#[N+]c1c(F)cccc1F.[C-]#[N+]c1c(F)cccc1F.[Mo]. The zero-order valence-corrected chi connectivity index (χ0v) is 32.0. The van der Waals surface area contributed by atoms with Crippen LogP contribution in [0.4, 0.5) is 86.8 Å². The maximum atomic E-state index is 12.4. The van der Waals surface area contributed by atoms with E-state index in [2.05, 4.69) is 29.1 Å². The van der Waals surface area contributed by atoms with Gasteiger partial charge in [-0.15, -0.1) is 0 Å². The van der Waals surface area contributed by atoms with Crippen LogP contribution in [0.5, 0.6) is 0 Å². The Morgan fingerprint density at radius 3 is 0.344 bits per heavy atom. The molecule has 6 nitrogen and oxygen atoms in total. The van der Waals surface area contributed by atoms with Gasteiger partial charge in [0.05, 0.1) is 39.4 Å². The third-order valence-electron chi connectivity index (χ3n) is 6.30. The second kappa shape index (κ2) is 27.7. The Morgan fingerprint density at radius 2 is 0.295 bits per heavy atom. The number of nitrogens with zero attached hydrogens (tertiary/aromatic N) is 6. The minimum atomic E-state index is -0.810. The van der Waals surface area contributed by atoms with Crippen LogP contribution >= 0.6 is 0 Å². The molecule has 0 amide bonds. The Hall–Kier alpha value is -7.89. The molecule has 6 aromatic rings. The summed E-state index contributed by atoms with van der Waals surface area (Å²) in [7, 11) is 0. The normalized spacial score (nSPS) is 8.75. The minimum Gasteiger partial charge on any atom is -0.232 e. The molecule has 0 N–H and O–H groups in total. The molecule has 306 valence electrons. The summed E-state index contributed by atoms with van der Waals surface area (Å²) in [6.45, 7) is 38.2. The van der Waals surface area contributed by atoms with Crippen molar-refractivity contribution in [2.24, 2.45) is 0 Å². The van der Waals surface area contributed by atoms with Gasteiger partial charge in [-0.05, 0) is 72.8 Å². The summed E-state index contributed by atoms with van der Waals surface area (Å²) < 4.78 is 149. The van der Waals surface area contributed by atoms with Gasteiger partial charge in [-0.3, -0.25) is 0 Å². The third kappa shape index (κ3) is 16.9. The van der Waals surface area contributed by atoms with Gasteiger partial charge in [0.25, 0.3) is 34.1 Å². The second-order valence-corrected chi connectivity index (χ2v) is 10.1. The van der Waals surface area contributed by atoms with Crippen molar-refractivity contribution < 1.29 is 73.8 Å². The van der Waals surface area contributed by atoms with Gasteiger partial charge in [0.15, 0.2) is 0 Å². The average molecular weight is 931 g/mol. The number of halogens is 12. The number of rotatable bonds is 0. The Labute approximate surface area is 354 Å². The van der Waals surface area contributed by atoms with Crippen molar-refractivity contribution in [3.63, 3.8) is 0 Å². The van der Waals surface area contributed by atoms with Gasteiger partial charge in [0.2, 0.25) is 0 Å². The van der Waals surface area contributed by atoms with Crippen molar-refractivity contribution in [1.29, 1.82) is 0 Å². The van der Waals surface area contributed by atoms with Crippen LogP contribution in [-0.4, -0.2) is 0 Å². The van der Waals surface area contributed by atoms with Crippen molar-refractivity contribution in [2.45, 2.75) is 0 Å². The van der Waals surface area contributed by atoms with Crippen LogP contribution < -0.4 is 0 Å². The van der Waals surface area contributed by atoms with Crippen LogP contribution in [0.25, 0.3) is 29.1 Å². The third-order valence-corrected chi connectivity index (χ3v) is 6.30. The summed E-state index contributed by atoms with van der Waals surface area (Å²) in [5.74, 6) is -9.72. The van der Waals surface area contributed by atoms with E-state index in [1.807, 2.05) is 0 Å². The van der Waals surface area contributed by atoms with Crippen molar-refractivity contribution in [1.82, 2.24) is 0 Å². The van der Waals surface area contributed by atoms with Crippen molar-refractivity contribution in [2.75, 3.05) is 0 Å². The van der Waals surface area contributed by atoms with Gasteiger partial charge in [-0.2, -0.15) is 0 Å². The van der Waals surface area contributed by atoms with Crippen LogP contribution in [0.15, 0.2) is 109 Å². The molecular formula is C42H18F12MoN6. The summed E-state index contributed by atoms with van der Waals surface area (Å²) in [6.07, 6.45) is 0. The number of hydrogen-bond acceptors (Lipinski definition) is 0. The monoisotopic (exact) mass is 932 g/mol. The van der Waals surface area contributed by atoms with E-state index >= 15 is 0 Å². The molecule has 0 atom stereocenters. The Bertz CT molecular complexity index is 2090. The molecule has 0 spiro atoms. The zero-order valence-electron chi connectivity index (χ0n) is 30.0. The van der Waals surface area contributed by atoms with Crippen LogP contribution in [0.3, 0.4) is 0 Å². The topological polar surface area (TPSA) is 26.2 Å². The average Bonchev–Trinajstić information content (AvgIpc) is 3.20. The molecule has 0 aliphatic heterocycles. The smallest absolute Gasteiger partial charge is 0.232 e. The van der Waals surface area contributed by atoms with Crippen LogP contribution in [0.2, 0.25) is 0 Å². The van der Waals surface area contributed by atoms with E-state index in [-0.39, 0.29) is 21.1 Å². The first-order valence-electron chi connectivity index (χ1n) is 15.4. The fourth-order valence-corrected chi connectivity index (χ4v) is 3.57. The van der Waals surface area contributed by atoms with E-state index in [1.54, 1.807) is 0 Å². The van der Waals surface area contributed by atoms with Crippen molar-refractivity contribution >= 4 is 34.1 Å². The maximum absolute atomic E-state index is 12.4. The molecule has 0 aliphatic carbocycles. The van der Waals surface area contributed by atoms with Gasteiger partial charge >= 0.3 is 0 Å². The van der Waals surface area contributed by atoms with Crippen molar-refractivity contribution in [3.05, 3.63) is 248 Å². The Kier molecular flexibility index (Phi) is 24.1. The van der Waals surface area contributed by atoms with Gasteiger partial charge in [0.1, 0.15) is 69.8 Å². The van der Waals surface area contributed by atoms with Gasteiger partial charge in [0, 0.05) is 21.1 Å². The molecule has 0 aliphatic rings. The molecular weight excluding hydrogens is 912 g/mol. The Morgan fingerprint density at radius 1 is 0.213 bits per heavy atom. The minimum absolute atomic E-state index is 0. The van der Waals surface area contributed by atoms with E-state index in [1.165, 1.54) is 36.4 Å². The molecule has 0 aromatic heterocycles. The molecule has 6 aromatic carbocycles. The van der Waals surface area contributed by atoms with E-state index in [0.717, 1.165) is 72.8 Å². The van der Waals surface area contributed by atoms with E-state index < -0.39 is 104 Å². The van der Waals surface area contributed by atoms with E-state index in [9.17, 15) is 52.7 Å². The van der Waals surface area contributed by atoms with Gasteiger partial charge in [-0.1, -0.05) is 36.4 Å². The predicted molar refractivity (Wildman–Crippen MR) is 196 cm³/mol. The Balaban J connectivity index is 0.000000706. The quantitative estimate of drug-likeness (QED) is 0.0824. The summed E-state index contributed by atoms with van der Waals surface area (Å²) in [6, 6.07) is 20.0. The molecule has 0 heterocycles. The van der Waals surface area contributed by atoms with Crippen LogP contribution in [0, 0.1) is 109 Å². The first kappa shape index (κ1) is 53.1. The molecule has 19 heteroatoms. The first-order chi connectivity index (χ1) is 28.5. The largest absolute Gasteiger partial charge is 0.256 e. The van der Waals surface area contributed by atoms with Crippen LogP contribution in [-0.2, 0) is 21.1 Å². The summed E-state index contributed by atoms with van der Waals surface area (Å²) in [5.41, 5.74) is -3.24. The fraction of sp³-hybridized carbons (Fsp3) is 0. The molecule has 0 unspecified atom stereocenters. The van der Waals surface area contributed by atoms with Crippen molar-refractivity contribution in [3.8, 4) is 0 Å². The summed E-state index contributed by atoms with van der Waals surface area (Å²) in [4.78, 5) is 16.0.